The number of nitriles is 1. The Morgan fingerprint density at radius 3 is 2.30 bits per heavy atom. The summed E-state index contributed by atoms with van der Waals surface area (Å²) in [6, 6.07) is 15.8. The standard InChI is InChI=1S/C26H28ClN5O.C2HF3O2/c1-17-24(18(2)32(29-17)22-10-9-21(15-28)25(27)14-22)13-19-5-7-20(8-6-19)26(33)31-12-11-23(16-31)30(3)4;3-2(4,5)1(6)7/h5-10,14,23H,11-13,16H2,1-4H3;(H,6,7). The van der Waals surface area contributed by atoms with Gasteiger partial charge in [0.15, 0.2) is 0 Å². The van der Waals surface area contributed by atoms with Crippen LogP contribution in [0.15, 0.2) is 42.5 Å². The van der Waals surface area contributed by atoms with Crippen molar-refractivity contribution in [3.05, 3.63) is 81.1 Å². The number of carboxylic acid groups (broad SMARTS) is 1. The number of rotatable bonds is 5. The number of likely N-dealkylation sites (tertiary alicyclic amines) is 1. The van der Waals surface area contributed by atoms with E-state index in [1.165, 1.54) is 0 Å². The molecule has 1 unspecified atom stereocenters. The summed E-state index contributed by atoms with van der Waals surface area (Å²) >= 11 is 6.22. The fraction of sp³-hybridized carbons (Fsp3) is 0.357. The summed E-state index contributed by atoms with van der Waals surface area (Å²) in [5.74, 6) is -2.66. The van der Waals surface area contributed by atoms with E-state index in [-0.39, 0.29) is 5.91 Å². The van der Waals surface area contributed by atoms with Crippen molar-refractivity contribution in [1.29, 1.82) is 5.26 Å². The smallest absolute Gasteiger partial charge is 0.475 e. The fourth-order valence-corrected chi connectivity index (χ4v) is 4.63. The first-order valence-corrected chi connectivity index (χ1v) is 12.7. The maximum atomic E-state index is 12.9. The molecular formula is C28H29ClF3N5O3. The Balaban J connectivity index is 0.000000559. The molecule has 1 amide bonds. The first-order valence-electron chi connectivity index (χ1n) is 12.3. The summed E-state index contributed by atoms with van der Waals surface area (Å²) in [4.78, 5) is 25.9. The normalized spacial score (nSPS) is 15.0. The van der Waals surface area contributed by atoms with Gasteiger partial charge in [0.2, 0.25) is 0 Å². The van der Waals surface area contributed by atoms with Gasteiger partial charge in [0.25, 0.3) is 5.91 Å². The Labute approximate surface area is 235 Å². The molecule has 8 nitrogen and oxygen atoms in total. The van der Waals surface area contributed by atoms with Crippen LogP contribution >= 0.6 is 11.6 Å². The number of carbonyl (C=O) groups is 2. The molecule has 0 aliphatic carbocycles. The number of carboxylic acids is 1. The molecule has 40 heavy (non-hydrogen) atoms. The van der Waals surface area contributed by atoms with Crippen LogP contribution in [0.4, 0.5) is 13.2 Å². The monoisotopic (exact) mass is 575 g/mol. The minimum atomic E-state index is -5.08. The fourth-order valence-electron chi connectivity index (χ4n) is 4.41. The lowest BCUT2D eigenvalue weighted by Crippen LogP contribution is -2.34. The maximum Gasteiger partial charge on any atom is 0.490 e. The van der Waals surface area contributed by atoms with E-state index in [0.29, 0.717) is 16.6 Å². The summed E-state index contributed by atoms with van der Waals surface area (Å²) in [6.45, 7) is 5.62. The Hall–Kier alpha value is -3.88. The van der Waals surface area contributed by atoms with Gasteiger partial charge in [0.05, 0.1) is 22.0 Å². The van der Waals surface area contributed by atoms with Crippen LogP contribution < -0.4 is 0 Å². The molecule has 1 aromatic heterocycles. The zero-order valence-electron chi connectivity index (χ0n) is 22.5. The predicted octanol–water partition coefficient (Wildman–Crippen LogP) is 5.01. The van der Waals surface area contributed by atoms with Crippen molar-refractivity contribution in [3.8, 4) is 11.8 Å². The van der Waals surface area contributed by atoms with Crippen LogP contribution in [0.1, 0.15) is 44.9 Å². The van der Waals surface area contributed by atoms with Crippen molar-refractivity contribution in [2.75, 3.05) is 27.2 Å². The Morgan fingerprint density at radius 1 is 1.18 bits per heavy atom. The van der Waals surface area contributed by atoms with E-state index in [4.69, 9.17) is 31.9 Å². The molecule has 2 heterocycles. The van der Waals surface area contributed by atoms with Gasteiger partial charge in [-0.3, -0.25) is 4.79 Å². The molecule has 3 aromatic rings. The van der Waals surface area contributed by atoms with Crippen LogP contribution in [0.3, 0.4) is 0 Å². The number of aromatic nitrogens is 2. The molecule has 1 saturated heterocycles. The maximum absolute atomic E-state index is 12.9. The number of benzene rings is 2. The van der Waals surface area contributed by atoms with Crippen LogP contribution in [-0.4, -0.2) is 76.0 Å². The predicted molar refractivity (Wildman–Crippen MR) is 144 cm³/mol. The first-order chi connectivity index (χ1) is 18.7. The largest absolute Gasteiger partial charge is 0.490 e. The summed E-state index contributed by atoms with van der Waals surface area (Å²) in [5, 5.41) is 21.4. The van der Waals surface area contributed by atoms with Crippen LogP contribution in [0, 0.1) is 25.2 Å². The van der Waals surface area contributed by atoms with E-state index in [9.17, 15) is 18.0 Å². The number of likely N-dealkylation sites (N-methyl/N-ethyl adjacent to an activating group) is 1. The number of aliphatic carboxylic acids is 1. The average molecular weight is 576 g/mol. The van der Waals surface area contributed by atoms with Crippen molar-refractivity contribution in [2.45, 2.75) is 38.9 Å². The van der Waals surface area contributed by atoms with Gasteiger partial charge in [-0.05, 0) is 70.3 Å². The lowest BCUT2D eigenvalue weighted by molar-refractivity contribution is -0.192. The van der Waals surface area contributed by atoms with Gasteiger partial charge in [-0.25, -0.2) is 9.48 Å². The first kappa shape index (κ1) is 30.7. The number of carbonyl (C=O) groups excluding carboxylic acids is 1. The SMILES string of the molecule is Cc1nn(-c2ccc(C#N)c(Cl)c2)c(C)c1Cc1ccc(C(=O)N2CCC(N(C)C)C2)cc1.O=C(O)C(F)(F)F. The van der Waals surface area contributed by atoms with E-state index < -0.39 is 12.1 Å². The van der Waals surface area contributed by atoms with E-state index in [1.807, 2.05) is 53.8 Å². The molecule has 4 rings (SSSR count). The minimum absolute atomic E-state index is 0.101. The molecule has 1 aliphatic heterocycles. The summed E-state index contributed by atoms with van der Waals surface area (Å²) in [5.41, 5.74) is 6.25. The molecule has 0 radical (unpaired) electrons. The molecule has 0 bridgehead atoms. The lowest BCUT2D eigenvalue weighted by atomic mass is 10.0. The van der Waals surface area contributed by atoms with Crippen molar-refractivity contribution in [3.63, 3.8) is 0 Å². The number of amides is 1. The molecule has 1 N–H and O–H groups in total. The highest BCUT2D eigenvalue weighted by Gasteiger charge is 2.38. The highest BCUT2D eigenvalue weighted by atomic mass is 35.5. The van der Waals surface area contributed by atoms with Gasteiger partial charge >= 0.3 is 12.1 Å². The third kappa shape index (κ3) is 7.20. The number of halogens is 4. The second-order valence-electron chi connectivity index (χ2n) is 9.67. The Morgan fingerprint density at radius 2 is 1.80 bits per heavy atom. The highest BCUT2D eigenvalue weighted by molar-refractivity contribution is 6.31. The molecule has 1 atom stereocenters. The third-order valence-corrected chi connectivity index (χ3v) is 7.08. The number of nitrogens with zero attached hydrogens (tertiary/aromatic N) is 5. The van der Waals surface area contributed by atoms with Gasteiger partial charge < -0.3 is 14.9 Å². The van der Waals surface area contributed by atoms with Crippen molar-refractivity contribution < 1.29 is 27.9 Å². The minimum Gasteiger partial charge on any atom is -0.475 e. The van der Waals surface area contributed by atoms with Gasteiger partial charge in [-0.1, -0.05) is 23.7 Å². The molecule has 1 fully saturated rings. The summed E-state index contributed by atoms with van der Waals surface area (Å²) < 4.78 is 33.6. The van der Waals surface area contributed by atoms with Crippen LogP contribution in [-0.2, 0) is 11.2 Å². The molecular weight excluding hydrogens is 547 g/mol. The molecule has 212 valence electrons. The van der Waals surface area contributed by atoms with Crippen LogP contribution in [0.2, 0.25) is 5.02 Å². The van der Waals surface area contributed by atoms with Gasteiger partial charge in [-0.15, -0.1) is 0 Å². The molecule has 12 heteroatoms. The van der Waals surface area contributed by atoms with Gasteiger partial charge in [0.1, 0.15) is 6.07 Å². The van der Waals surface area contributed by atoms with Gasteiger partial charge in [-0.2, -0.15) is 23.5 Å². The highest BCUT2D eigenvalue weighted by Crippen LogP contribution is 2.25. The summed E-state index contributed by atoms with van der Waals surface area (Å²) in [7, 11) is 4.13. The topological polar surface area (TPSA) is 102 Å². The number of alkyl halides is 3. The molecule has 1 aliphatic rings. The van der Waals surface area contributed by atoms with Crippen molar-refractivity contribution >= 4 is 23.5 Å². The molecule has 2 aromatic carbocycles. The third-order valence-electron chi connectivity index (χ3n) is 6.76. The van der Waals surface area contributed by atoms with E-state index >= 15 is 0 Å². The van der Waals surface area contributed by atoms with Gasteiger partial charge in [0, 0.05) is 42.4 Å². The second kappa shape index (κ2) is 12.5. The van der Waals surface area contributed by atoms with Crippen LogP contribution in [0.25, 0.3) is 5.69 Å². The Kier molecular flexibility index (Phi) is 9.60. The quantitative estimate of drug-likeness (QED) is 0.459. The van der Waals surface area contributed by atoms with E-state index in [1.54, 1.807) is 12.1 Å². The number of hydrogen-bond donors (Lipinski definition) is 1. The average Bonchev–Trinajstić information content (AvgIpc) is 3.50. The zero-order valence-corrected chi connectivity index (χ0v) is 23.2. The number of hydrogen-bond acceptors (Lipinski definition) is 5. The molecule has 0 saturated carbocycles. The molecule has 0 spiro atoms. The van der Waals surface area contributed by atoms with Crippen molar-refractivity contribution in [1.82, 2.24) is 19.6 Å². The Bertz CT molecular complexity index is 1430. The zero-order chi connectivity index (χ0) is 29.8. The lowest BCUT2D eigenvalue weighted by Gasteiger charge is -2.20. The van der Waals surface area contributed by atoms with Crippen molar-refractivity contribution in [2.24, 2.45) is 0 Å². The second-order valence-corrected chi connectivity index (χ2v) is 10.1. The summed E-state index contributed by atoms with van der Waals surface area (Å²) in [6.07, 6.45) is -3.34. The van der Waals surface area contributed by atoms with Crippen LogP contribution in [0.5, 0.6) is 0 Å². The van der Waals surface area contributed by atoms with E-state index in [0.717, 1.165) is 59.7 Å². The van der Waals surface area contributed by atoms with E-state index in [2.05, 4.69) is 25.1 Å². The number of aryl methyl sites for hydroxylation is 1.